The molecule has 0 bridgehead atoms. The fourth-order valence-electron chi connectivity index (χ4n) is 5.06. The molecule has 1 saturated heterocycles. The normalized spacial score (nSPS) is 14.4. The first-order chi connectivity index (χ1) is 22.0. The van der Waals surface area contributed by atoms with Crippen molar-refractivity contribution >= 4 is 13.9 Å². The quantitative estimate of drug-likeness (QED) is 0.105. The van der Waals surface area contributed by atoms with Crippen LogP contribution in [0.2, 0.25) is 25.7 Å². The third-order valence-electron chi connectivity index (χ3n) is 8.46. The van der Waals surface area contributed by atoms with E-state index in [2.05, 4.69) is 65.6 Å². The van der Waals surface area contributed by atoms with Gasteiger partial charge < -0.3 is 18.8 Å². The third-order valence-corrected chi connectivity index (χ3v) is 10.2. The minimum absolute atomic E-state index is 0.108. The average Bonchev–Trinajstić information content (AvgIpc) is 3.47. The Labute approximate surface area is 274 Å². The van der Waals surface area contributed by atoms with E-state index in [0.717, 1.165) is 85.2 Å². The zero-order valence-electron chi connectivity index (χ0n) is 28.2. The molecule has 1 aliphatic rings. The van der Waals surface area contributed by atoms with Crippen LogP contribution in [0.15, 0.2) is 73.1 Å². The van der Waals surface area contributed by atoms with Crippen LogP contribution in [0.3, 0.4) is 0 Å². The number of carbonyl (C=O) groups excluding carboxylic acids is 1. The van der Waals surface area contributed by atoms with Gasteiger partial charge in [-0.2, -0.15) is 0 Å². The Morgan fingerprint density at radius 3 is 2.37 bits per heavy atom. The van der Waals surface area contributed by atoms with Gasteiger partial charge in [0.25, 0.3) is 0 Å². The maximum absolute atomic E-state index is 11.8. The van der Waals surface area contributed by atoms with Crippen LogP contribution in [0.5, 0.6) is 5.75 Å². The maximum atomic E-state index is 11.8. The number of Topliss-reactive ketones (excluding diaryl/α,β-unsaturated/α-hetero) is 1. The van der Waals surface area contributed by atoms with Crippen molar-refractivity contribution in [3.05, 3.63) is 78.6 Å². The lowest BCUT2D eigenvalue weighted by Crippen LogP contribution is -2.35. The lowest BCUT2D eigenvalue weighted by molar-refractivity contribution is -0.126. The predicted molar refractivity (Wildman–Crippen MR) is 186 cm³/mol. The molecule has 244 valence electrons. The summed E-state index contributed by atoms with van der Waals surface area (Å²) in [7, 11) is -1.20. The Morgan fingerprint density at radius 1 is 0.957 bits per heavy atom. The number of aromatic nitrogens is 3. The Bertz CT molecular complexity index is 1590. The monoisotopic (exact) mass is 640 g/mol. The largest absolute Gasteiger partial charge is 0.493 e. The highest BCUT2D eigenvalue weighted by Crippen LogP contribution is 2.29. The van der Waals surface area contributed by atoms with Crippen molar-refractivity contribution in [2.75, 3.05) is 39.5 Å². The Kier molecular flexibility index (Phi) is 10.9. The number of nitrogens with zero attached hydrogens (tertiary/aromatic N) is 4. The Morgan fingerprint density at radius 2 is 1.70 bits per heavy atom. The highest BCUT2D eigenvalue weighted by Gasteiger charge is 2.24. The van der Waals surface area contributed by atoms with Crippen LogP contribution in [0.4, 0.5) is 0 Å². The summed E-state index contributed by atoms with van der Waals surface area (Å²) in [5, 5.41) is 0. The summed E-state index contributed by atoms with van der Waals surface area (Å²) in [6, 6.07) is 21.7. The lowest BCUT2D eigenvalue weighted by Gasteiger charge is -2.26. The molecule has 0 atom stereocenters. The molecule has 3 heterocycles. The van der Waals surface area contributed by atoms with E-state index in [9.17, 15) is 4.79 Å². The van der Waals surface area contributed by atoms with Crippen LogP contribution in [0.1, 0.15) is 26.3 Å². The average molecular weight is 641 g/mol. The number of hydrogen-bond donors (Lipinski definition) is 0. The SMILES string of the molecule is CC(=O)C(C)(C)COc1ccc(-c2ccc(-c3nc(-c4cccc(CN5CCOCC5)c4)cn3COCC[Si](C)(C)C)cn2)cc1. The van der Waals surface area contributed by atoms with Crippen LogP contribution >= 0.6 is 0 Å². The number of ketones is 1. The third kappa shape index (κ3) is 9.22. The van der Waals surface area contributed by atoms with E-state index in [4.69, 9.17) is 24.2 Å². The standard InChI is InChI=1S/C37H48N4O4Si/c1-28(42)37(2,3)26-45-33-13-10-30(11-14-33)34-15-12-32(23-38-34)36-39-35(25-41(36)27-44-20-21-46(4,5)6)31-9-7-8-29(22-31)24-40-16-18-43-19-17-40/h7-15,22-23,25H,16-21,24,26-27H2,1-6H3. The van der Waals surface area contributed by atoms with E-state index in [1.165, 1.54) is 5.56 Å². The summed E-state index contributed by atoms with van der Waals surface area (Å²) in [5.41, 5.74) is 5.53. The van der Waals surface area contributed by atoms with Gasteiger partial charge in [-0.1, -0.05) is 37.8 Å². The molecular weight excluding hydrogens is 593 g/mol. The van der Waals surface area contributed by atoms with Gasteiger partial charge in [0.1, 0.15) is 30.7 Å². The fourth-order valence-corrected chi connectivity index (χ4v) is 5.81. The predicted octanol–water partition coefficient (Wildman–Crippen LogP) is 7.42. The minimum Gasteiger partial charge on any atom is -0.493 e. The van der Waals surface area contributed by atoms with E-state index < -0.39 is 13.5 Å². The highest BCUT2D eigenvalue weighted by atomic mass is 28.3. The molecule has 0 radical (unpaired) electrons. The van der Waals surface area contributed by atoms with Crippen molar-refractivity contribution in [3.8, 4) is 39.7 Å². The molecule has 8 nitrogen and oxygen atoms in total. The van der Waals surface area contributed by atoms with Gasteiger partial charge in [0.05, 0.1) is 30.0 Å². The van der Waals surface area contributed by atoms with Gasteiger partial charge in [0.15, 0.2) is 0 Å². The van der Waals surface area contributed by atoms with Gasteiger partial charge >= 0.3 is 0 Å². The van der Waals surface area contributed by atoms with E-state index in [1.807, 2.05) is 50.4 Å². The molecule has 0 unspecified atom stereocenters. The van der Waals surface area contributed by atoms with Crippen molar-refractivity contribution in [2.45, 2.75) is 59.7 Å². The second-order valence-corrected chi connectivity index (χ2v) is 19.7. The maximum Gasteiger partial charge on any atom is 0.144 e. The van der Waals surface area contributed by atoms with Crippen LogP contribution in [0, 0.1) is 5.41 Å². The molecule has 9 heteroatoms. The second kappa shape index (κ2) is 14.9. The van der Waals surface area contributed by atoms with Crippen molar-refractivity contribution in [3.63, 3.8) is 0 Å². The molecule has 0 spiro atoms. The highest BCUT2D eigenvalue weighted by molar-refractivity contribution is 6.76. The van der Waals surface area contributed by atoms with E-state index in [-0.39, 0.29) is 5.78 Å². The van der Waals surface area contributed by atoms with Crippen LogP contribution < -0.4 is 4.74 Å². The molecule has 5 rings (SSSR count). The first-order valence-corrected chi connectivity index (χ1v) is 19.9. The van der Waals surface area contributed by atoms with Gasteiger partial charge in [-0.15, -0.1) is 0 Å². The molecule has 0 saturated carbocycles. The Balaban J connectivity index is 1.34. The van der Waals surface area contributed by atoms with Crippen LogP contribution in [-0.4, -0.2) is 72.8 Å². The van der Waals surface area contributed by atoms with Gasteiger partial charge in [-0.25, -0.2) is 4.98 Å². The van der Waals surface area contributed by atoms with Gasteiger partial charge in [0.2, 0.25) is 0 Å². The first-order valence-electron chi connectivity index (χ1n) is 16.2. The fraction of sp³-hybridized carbons (Fsp3) is 0.432. The summed E-state index contributed by atoms with van der Waals surface area (Å²) in [4.78, 5) is 24.2. The Hall–Kier alpha value is -3.63. The zero-order chi connectivity index (χ0) is 32.7. The van der Waals surface area contributed by atoms with Crippen molar-refractivity contribution < 1.29 is 19.0 Å². The van der Waals surface area contributed by atoms with E-state index in [0.29, 0.717) is 13.3 Å². The summed E-state index contributed by atoms with van der Waals surface area (Å²) in [6.07, 6.45) is 3.98. The lowest BCUT2D eigenvalue weighted by atomic mass is 9.90. The van der Waals surface area contributed by atoms with E-state index in [1.54, 1.807) is 6.92 Å². The molecule has 46 heavy (non-hydrogen) atoms. The number of rotatable bonds is 14. The van der Waals surface area contributed by atoms with Gasteiger partial charge in [-0.05, 0) is 74.8 Å². The van der Waals surface area contributed by atoms with Crippen LogP contribution in [-0.2, 0) is 27.5 Å². The molecule has 4 aromatic rings. The number of benzene rings is 2. The number of imidazole rings is 1. The van der Waals surface area contributed by atoms with Crippen LogP contribution in [0.25, 0.3) is 33.9 Å². The minimum atomic E-state index is -1.20. The van der Waals surface area contributed by atoms with Crippen molar-refractivity contribution in [1.29, 1.82) is 0 Å². The van der Waals surface area contributed by atoms with Gasteiger partial charge in [-0.3, -0.25) is 14.7 Å². The molecule has 2 aromatic carbocycles. The summed E-state index contributed by atoms with van der Waals surface area (Å²) < 4.78 is 19.7. The molecule has 2 aromatic heterocycles. The summed E-state index contributed by atoms with van der Waals surface area (Å²) in [5.74, 6) is 1.67. The summed E-state index contributed by atoms with van der Waals surface area (Å²) >= 11 is 0. The van der Waals surface area contributed by atoms with Crippen molar-refractivity contribution in [1.82, 2.24) is 19.4 Å². The number of pyridine rings is 1. The molecule has 0 aliphatic carbocycles. The molecule has 0 N–H and O–H groups in total. The number of ether oxygens (including phenoxy) is 3. The summed E-state index contributed by atoms with van der Waals surface area (Å²) in [6.45, 7) is 18.4. The smallest absolute Gasteiger partial charge is 0.144 e. The van der Waals surface area contributed by atoms with E-state index >= 15 is 0 Å². The second-order valence-electron chi connectivity index (χ2n) is 14.0. The molecule has 1 aliphatic heterocycles. The molecule has 0 amide bonds. The van der Waals surface area contributed by atoms with Gasteiger partial charge in [0, 0.05) is 63.4 Å². The van der Waals surface area contributed by atoms with Crippen molar-refractivity contribution in [2.24, 2.45) is 5.41 Å². The topological polar surface area (TPSA) is 78.7 Å². The number of hydrogen-bond acceptors (Lipinski definition) is 7. The first kappa shape index (κ1) is 33.7. The number of morpholine rings is 1. The zero-order valence-corrected chi connectivity index (χ0v) is 29.2. The molecule has 1 fully saturated rings. The number of carbonyl (C=O) groups is 1. The molecular formula is C37H48N4O4Si.